The number of ether oxygens (including phenoxy) is 1. The molecule has 3 N–H and O–H groups in total. The largest absolute Gasteiger partial charge is 0.495 e. The minimum atomic E-state index is -0.129. The average molecular weight is 540 g/mol. The number of anilines is 5. The maximum Gasteiger partial charge on any atom is 0.251 e. The molecule has 39 heavy (non-hydrogen) atoms. The van der Waals surface area contributed by atoms with Gasteiger partial charge in [0.1, 0.15) is 16.6 Å². The Morgan fingerprint density at radius 1 is 1.05 bits per heavy atom. The van der Waals surface area contributed by atoms with Crippen LogP contribution in [0.4, 0.5) is 29.0 Å². The lowest BCUT2D eigenvalue weighted by Gasteiger charge is -2.23. The first-order chi connectivity index (χ1) is 19.0. The van der Waals surface area contributed by atoms with Crippen molar-refractivity contribution in [2.24, 2.45) is 0 Å². The fraction of sp³-hybridized carbons (Fsp3) is 0.103. The Balaban J connectivity index is 1.49. The zero-order valence-electron chi connectivity index (χ0n) is 21.6. The lowest BCUT2D eigenvalue weighted by atomic mass is 9.98. The molecule has 0 fully saturated rings. The van der Waals surface area contributed by atoms with E-state index in [9.17, 15) is 4.79 Å². The highest BCUT2D eigenvalue weighted by Crippen LogP contribution is 2.38. The zero-order chi connectivity index (χ0) is 27.4. The van der Waals surface area contributed by atoms with Gasteiger partial charge in [-0.1, -0.05) is 41.9 Å². The molecule has 5 rings (SSSR count). The average Bonchev–Trinajstić information content (AvgIpc) is 3.50. The maximum absolute atomic E-state index is 11.9. The summed E-state index contributed by atoms with van der Waals surface area (Å²) in [5, 5.41) is 13.4. The van der Waals surface area contributed by atoms with Gasteiger partial charge in [-0.2, -0.15) is 10.1 Å². The Kier molecular flexibility index (Phi) is 7.42. The SMILES string of the molecule is CNC(=O)c1ccc(-c2cc(OC)c(Nc3ncc(Cl)c(N(c4ccccc4)c4ccn[nH]4)n3)cc2C)cc1. The van der Waals surface area contributed by atoms with Gasteiger partial charge in [-0.15, -0.1) is 0 Å². The summed E-state index contributed by atoms with van der Waals surface area (Å²) in [6, 6.07) is 22.9. The number of aromatic amines is 1. The van der Waals surface area contributed by atoms with Gasteiger partial charge in [0.05, 0.1) is 25.2 Å². The Morgan fingerprint density at radius 3 is 2.49 bits per heavy atom. The monoisotopic (exact) mass is 539 g/mol. The van der Waals surface area contributed by atoms with Crippen LogP contribution < -0.4 is 20.3 Å². The number of hydrogen-bond donors (Lipinski definition) is 3. The molecule has 10 heteroatoms. The molecule has 2 aromatic heterocycles. The van der Waals surface area contributed by atoms with E-state index in [1.54, 1.807) is 38.7 Å². The van der Waals surface area contributed by atoms with E-state index in [1.165, 1.54) is 0 Å². The number of aryl methyl sites for hydroxylation is 1. The molecule has 0 bridgehead atoms. The lowest BCUT2D eigenvalue weighted by Crippen LogP contribution is -2.17. The first-order valence-corrected chi connectivity index (χ1v) is 12.5. The van der Waals surface area contributed by atoms with Crippen molar-refractivity contribution >= 4 is 46.5 Å². The molecule has 1 amide bonds. The molecule has 3 aromatic carbocycles. The second-order valence-electron chi connectivity index (χ2n) is 8.63. The van der Waals surface area contributed by atoms with Crippen LogP contribution in [0.5, 0.6) is 5.75 Å². The number of carbonyl (C=O) groups is 1. The van der Waals surface area contributed by atoms with Crippen LogP contribution in [0, 0.1) is 6.92 Å². The quantitative estimate of drug-likeness (QED) is 0.209. The standard InChI is InChI=1S/C29H26ClN7O2/c1-18-15-24(25(39-3)16-22(18)19-9-11-20(12-10-19)28(38)31-2)34-29-32-17-23(30)27(35-29)37(26-13-14-33-36-26)21-7-5-4-6-8-21/h4-17H,1-3H3,(H,31,38)(H,33,36)(H,32,34,35). The minimum absolute atomic E-state index is 0.129. The Labute approximate surface area is 230 Å². The Bertz CT molecular complexity index is 1590. The van der Waals surface area contributed by atoms with E-state index >= 15 is 0 Å². The van der Waals surface area contributed by atoms with E-state index in [-0.39, 0.29) is 5.91 Å². The van der Waals surface area contributed by atoms with Crippen molar-refractivity contribution in [2.75, 3.05) is 24.4 Å². The summed E-state index contributed by atoms with van der Waals surface area (Å²) in [6.45, 7) is 2.01. The fourth-order valence-corrected chi connectivity index (χ4v) is 4.41. The van der Waals surface area contributed by atoms with Crippen LogP contribution in [0.3, 0.4) is 0 Å². The molecule has 0 unspecified atom stereocenters. The van der Waals surface area contributed by atoms with Crippen LogP contribution in [0.2, 0.25) is 5.02 Å². The van der Waals surface area contributed by atoms with Gasteiger partial charge in [-0.05, 0) is 60.0 Å². The number of benzene rings is 3. The molecule has 0 spiro atoms. The molecule has 196 valence electrons. The van der Waals surface area contributed by atoms with E-state index in [0.29, 0.717) is 39.6 Å². The summed E-state index contributed by atoms with van der Waals surface area (Å²) < 4.78 is 5.71. The maximum atomic E-state index is 11.9. The number of nitrogens with zero attached hydrogens (tertiary/aromatic N) is 4. The minimum Gasteiger partial charge on any atom is -0.495 e. The summed E-state index contributed by atoms with van der Waals surface area (Å²) in [5.74, 6) is 2.01. The molecule has 2 heterocycles. The fourth-order valence-electron chi connectivity index (χ4n) is 4.23. The van der Waals surface area contributed by atoms with Crippen molar-refractivity contribution in [3.63, 3.8) is 0 Å². The molecule has 0 aliphatic heterocycles. The predicted octanol–water partition coefficient (Wildman–Crippen LogP) is 6.41. The van der Waals surface area contributed by atoms with Crippen molar-refractivity contribution in [2.45, 2.75) is 6.92 Å². The van der Waals surface area contributed by atoms with Crippen LogP contribution >= 0.6 is 11.6 Å². The summed E-state index contributed by atoms with van der Waals surface area (Å²) >= 11 is 6.59. The number of rotatable bonds is 8. The van der Waals surface area contributed by atoms with Gasteiger partial charge in [-0.3, -0.25) is 14.8 Å². The highest BCUT2D eigenvalue weighted by molar-refractivity contribution is 6.33. The molecule has 0 radical (unpaired) electrons. The van der Waals surface area contributed by atoms with Gasteiger partial charge >= 0.3 is 0 Å². The van der Waals surface area contributed by atoms with Crippen molar-refractivity contribution in [3.05, 3.63) is 101 Å². The van der Waals surface area contributed by atoms with E-state index in [1.807, 2.05) is 72.5 Å². The van der Waals surface area contributed by atoms with Crippen LogP contribution in [0.15, 0.2) is 85.2 Å². The third-order valence-corrected chi connectivity index (χ3v) is 6.42. The van der Waals surface area contributed by atoms with E-state index in [0.717, 1.165) is 22.4 Å². The van der Waals surface area contributed by atoms with Gasteiger partial charge in [0, 0.05) is 24.4 Å². The number of H-pyrrole nitrogens is 1. The third kappa shape index (κ3) is 5.39. The van der Waals surface area contributed by atoms with Crippen molar-refractivity contribution < 1.29 is 9.53 Å². The number of halogens is 1. The molecular formula is C29H26ClN7O2. The van der Waals surface area contributed by atoms with Gasteiger partial charge in [0.15, 0.2) is 5.82 Å². The first-order valence-electron chi connectivity index (χ1n) is 12.1. The van der Waals surface area contributed by atoms with Crippen molar-refractivity contribution in [1.29, 1.82) is 0 Å². The second kappa shape index (κ2) is 11.2. The number of para-hydroxylation sites is 1. The molecule has 0 aliphatic rings. The number of methoxy groups -OCH3 is 1. The summed E-state index contributed by atoms with van der Waals surface area (Å²) in [4.78, 5) is 22.9. The van der Waals surface area contributed by atoms with Crippen LogP contribution in [-0.2, 0) is 0 Å². The van der Waals surface area contributed by atoms with E-state index in [2.05, 4.69) is 25.8 Å². The Hall–Kier alpha value is -4.89. The first kappa shape index (κ1) is 25.7. The topological polar surface area (TPSA) is 108 Å². The van der Waals surface area contributed by atoms with E-state index < -0.39 is 0 Å². The van der Waals surface area contributed by atoms with Crippen molar-refractivity contribution in [1.82, 2.24) is 25.5 Å². The molecule has 5 aromatic rings. The summed E-state index contributed by atoms with van der Waals surface area (Å²) in [5.41, 5.74) is 5.10. The zero-order valence-corrected chi connectivity index (χ0v) is 22.3. The third-order valence-electron chi connectivity index (χ3n) is 6.16. The molecular weight excluding hydrogens is 514 g/mol. The summed E-state index contributed by atoms with van der Waals surface area (Å²) in [6.07, 6.45) is 3.22. The summed E-state index contributed by atoms with van der Waals surface area (Å²) in [7, 11) is 3.22. The molecule has 0 aliphatic carbocycles. The predicted molar refractivity (Wildman–Crippen MR) is 154 cm³/mol. The van der Waals surface area contributed by atoms with Gasteiger partial charge < -0.3 is 15.4 Å². The van der Waals surface area contributed by atoms with Crippen LogP contribution in [-0.4, -0.2) is 40.2 Å². The van der Waals surface area contributed by atoms with Gasteiger partial charge in [-0.25, -0.2) is 4.98 Å². The van der Waals surface area contributed by atoms with Crippen molar-refractivity contribution in [3.8, 4) is 16.9 Å². The highest BCUT2D eigenvalue weighted by atomic mass is 35.5. The second-order valence-corrected chi connectivity index (χ2v) is 9.03. The number of amides is 1. The number of aromatic nitrogens is 4. The Morgan fingerprint density at radius 2 is 1.82 bits per heavy atom. The smallest absolute Gasteiger partial charge is 0.251 e. The number of hydrogen-bond acceptors (Lipinski definition) is 7. The normalized spacial score (nSPS) is 10.7. The van der Waals surface area contributed by atoms with Crippen LogP contribution in [0.25, 0.3) is 11.1 Å². The lowest BCUT2D eigenvalue weighted by molar-refractivity contribution is 0.0963. The number of nitrogens with one attached hydrogen (secondary N) is 3. The molecule has 9 nitrogen and oxygen atoms in total. The highest BCUT2D eigenvalue weighted by Gasteiger charge is 2.20. The molecule has 0 saturated heterocycles. The van der Waals surface area contributed by atoms with Gasteiger partial charge in [0.2, 0.25) is 5.95 Å². The van der Waals surface area contributed by atoms with Gasteiger partial charge in [0.25, 0.3) is 5.91 Å². The molecule has 0 saturated carbocycles. The van der Waals surface area contributed by atoms with Crippen LogP contribution in [0.1, 0.15) is 15.9 Å². The van der Waals surface area contributed by atoms with E-state index in [4.69, 9.17) is 21.3 Å². The number of carbonyl (C=O) groups excluding carboxylic acids is 1. The molecule has 0 atom stereocenters.